The molecule has 1 heterocycles. The SMILES string of the molecule is Cn1nc(-c2cccc(F)c2)c(Br)c1CCC(=O)O. The predicted octanol–water partition coefficient (Wildman–Crippen LogP) is 3.01. The van der Waals surface area contributed by atoms with Gasteiger partial charge in [0.2, 0.25) is 0 Å². The molecule has 0 atom stereocenters. The molecule has 6 heteroatoms. The fourth-order valence-electron chi connectivity index (χ4n) is 1.85. The largest absolute Gasteiger partial charge is 0.481 e. The van der Waals surface area contributed by atoms with Gasteiger partial charge in [-0.25, -0.2) is 4.39 Å². The summed E-state index contributed by atoms with van der Waals surface area (Å²) >= 11 is 3.41. The van der Waals surface area contributed by atoms with Crippen LogP contribution in [0.3, 0.4) is 0 Å². The Bertz CT molecular complexity index is 625. The van der Waals surface area contributed by atoms with E-state index in [1.54, 1.807) is 23.9 Å². The second-order valence-electron chi connectivity index (χ2n) is 4.14. The van der Waals surface area contributed by atoms with Crippen molar-refractivity contribution in [1.82, 2.24) is 9.78 Å². The minimum absolute atomic E-state index is 0.0285. The Hall–Kier alpha value is -1.69. The molecule has 0 spiro atoms. The number of halogens is 2. The van der Waals surface area contributed by atoms with Gasteiger partial charge in [-0.15, -0.1) is 0 Å². The first-order chi connectivity index (χ1) is 8.99. The molecular weight excluding hydrogens is 315 g/mol. The molecule has 1 N–H and O–H groups in total. The van der Waals surface area contributed by atoms with Crippen LogP contribution in [0.25, 0.3) is 11.3 Å². The Morgan fingerprint density at radius 3 is 2.89 bits per heavy atom. The molecule has 0 aliphatic heterocycles. The standard InChI is InChI=1S/C13H12BrFN2O2/c1-17-10(5-6-11(18)19)12(14)13(16-17)8-3-2-4-9(15)7-8/h2-4,7H,5-6H2,1H3,(H,18,19). The molecule has 100 valence electrons. The van der Waals surface area contributed by atoms with Crippen LogP contribution in [0.4, 0.5) is 4.39 Å². The number of carboxylic acids is 1. The summed E-state index contributed by atoms with van der Waals surface area (Å²) in [5.41, 5.74) is 2.05. The third kappa shape index (κ3) is 3.01. The van der Waals surface area contributed by atoms with Crippen LogP contribution in [-0.4, -0.2) is 20.9 Å². The lowest BCUT2D eigenvalue weighted by Gasteiger charge is -2.00. The summed E-state index contributed by atoms with van der Waals surface area (Å²) in [5, 5.41) is 13.0. The van der Waals surface area contributed by atoms with Crippen molar-refractivity contribution in [3.05, 3.63) is 40.2 Å². The number of hydrogen-bond donors (Lipinski definition) is 1. The van der Waals surface area contributed by atoms with Gasteiger partial charge in [0.1, 0.15) is 11.5 Å². The molecule has 0 aliphatic rings. The van der Waals surface area contributed by atoms with Gasteiger partial charge in [0, 0.05) is 19.0 Å². The highest BCUT2D eigenvalue weighted by Gasteiger charge is 2.16. The van der Waals surface area contributed by atoms with Crippen molar-refractivity contribution >= 4 is 21.9 Å². The lowest BCUT2D eigenvalue weighted by atomic mass is 10.1. The lowest BCUT2D eigenvalue weighted by molar-refractivity contribution is -0.136. The minimum atomic E-state index is -0.861. The summed E-state index contributed by atoms with van der Waals surface area (Å²) in [6.07, 6.45) is 0.398. The molecule has 1 aromatic carbocycles. The van der Waals surface area contributed by atoms with Gasteiger partial charge in [-0.05, 0) is 28.1 Å². The Kier molecular flexibility index (Phi) is 3.99. The van der Waals surface area contributed by atoms with Crippen LogP contribution >= 0.6 is 15.9 Å². The maximum atomic E-state index is 13.2. The molecule has 19 heavy (non-hydrogen) atoms. The van der Waals surface area contributed by atoms with Crippen molar-refractivity contribution < 1.29 is 14.3 Å². The average molecular weight is 327 g/mol. The first kappa shape index (κ1) is 13.7. The smallest absolute Gasteiger partial charge is 0.303 e. The molecule has 0 fully saturated rings. The average Bonchev–Trinajstić information content (AvgIpc) is 2.62. The maximum Gasteiger partial charge on any atom is 0.303 e. The van der Waals surface area contributed by atoms with Crippen LogP contribution in [0, 0.1) is 5.82 Å². The molecule has 0 saturated heterocycles. The highest BCUT2D eigenvalue weighted by molar-refractivity contribution is 9.10. The van der Waals surface area contributed by atoms with Gasteiger partial charge in [0.15, 0.2) is 0 Å². The van der Waals surface area contributed by atoms with Crippen LogP contribution in [-0.2, 0) is 18.3 Å². The van der Waals surface area contributed by atoms with Gasteiger partial charge in [-0.2, -0.15) is 5.10 Å². The van der Waals surface area contributed by atoms with Gasteiger partial charge < -0.3 is 5.11 Å². The van der Waals surface area contributed by atoms with E-state index in [0.717, 1.165) is 5.69 Å². The highest BCUT2D eigenvalue weighted by Crippen LogP contribution is 2.31. The number of aliphatic carboxylic acids is 1. The zero-order valence-electron chi connectivity index (χ0n) is 10.2. The summed E-state index contributed by atoms with van der Waals surface area (Å²) in [5.74, 6) is -1.19. The van der Waals surface area contributed by atoms with Crippen molar-refractivity contribution in [3.8, 4) is 11.3 Å². The van der Waals surface area contributed by atoms with E-state index >= 15 is 0 Å². The van der Waals surface area contributed by atoms with E-state index < -0.39 is 5.97 Å². The van der Waals surface area contributed by atoms with Crippen molar-refractivity contribution in [1.29, 1.82) is 0 Å². The second-order valence-corrected chi connectivity index (χ2v) is 4.93. The second kappa shape index (κ2) is 5.52. The summed E-state index contributed by atoms with van der Waals surface area (Å²) in [4.78, 5) is 10.6. The van der Waals surface area contributed by atoms with E-state index in [9.17, 15) is 9.18 Å². The summed E-state index contributed by atoms with van der Waals surface area (Å²) in [6, 6.07) is 6.14. The van der Waals surface area contributed by atoms with Crippen LogP contribution in [0.1, 0.15) is 12.1 Å². The maximum absolute atomic E-state index is 13.2. The number of benzene rings is 1. The van der Waals surface area contributed by atoms with E-state index in [2.05, 4.69) is 21.0 Å². The molecule has 2 rings (SSSR count). The van der Waals surface area contributed by atoms with Crippen LogP contribution in [0.5, 0.6) is 0 Å². The Balaban J connectivity index is 2.38. The van der Waals surface area contributed by atoms with Gasteiger partial charge in [-0.3, -0.25) is 9.48 Å². The summed E-state index contributed by atoms with van der Waals surface area (Å²) in [7, 11) is 1.74. The van der Waals surface area contributed by atoms with Crippen LogP contribution < -0.4 is 0 Å². The van der Waals surface area contributed by atoms with E-state index in [4.69, 9.17) is 5.11 Å². The zero-order chi connectivity index (χ0) is 14.0. The molecule has 0 amide bonds. The van der Waals surface area contributed by atoms with Crippen LogP contribution in [0.15, 0.2) is 28.7 Å². The fraction of sp³-hybridized carbons (Fsp3) is 0.231. The van der Waals surface area contributed by atoms with Crippen molar-refractivity contribution in [3.63, 3.8) is 0 Å². The lowest BCUT2D eigenvalue weighted by Crippen LogP contribution is -2.03. The third-order valence-corrected chi connectivity index (χ3v) is 3.61. The molecule has 0 aliphatic carbocycles. The van der Waals surface area contributed by atoms with E-state index in [1.807, 2.05) is 0 Å². The molecule has 0 saturated carbocycles. The number of aromatic nitrogens is 2. The van der Waals surface area contributed by atoms with Gasteiger partial charge in [0.25, 0.3) is 0 Å². The predicted molar refractivity (Wildman–Crippen MR) is 72.3 cm³/mol. The topological polar surface area (TPSA) is 55.1 Å². The molecule has 0 bridgehead atoms. The number of carboxylic acid groups (broad SMARTS) is 1. The monoisotopic (exact) mass is 326 g/mol. The summed E-state index contributed by atoms with van der Waals surface area (Å²) in [6.45, 7) is 0. The van der Waals surface area contributed by atoms with Gasteiger partial charge in [0.05, 0.1) is 16.6 Å². The molecule has 4 nitrogen and oxygen atoms in total. The van der Waals surface area contributed by atoms with E-state index in [-0.39, 0.29) is 12.2 Å². The van der Waals surface area contributed by atoms with Gasteiger partial charge >= 0.3 is 5.97 Å². The molecular formula is C13H12BrFN2O2. The Morgan fingerprint density at radius 2 is 2.26 bits per heavy atom. The van der Waals surface area contributed by atoms with Gasteiger partial charge in [-0.1, -0.05) is 12.1 Å². The van der Waals surface area contributed by atoms with Crippen molar-refractivity contribution in [2.24, 2.45) is 7.05 Å². The van der Waals surface area contributed by atoms with E-state index in [1.165, 1.54) is 12.1 Å². The molecule has 2 aromatic rings. The Morgan fingerprint density at radius 1 is 1.53 bits per heavy atom. The minimum Gasteiger partial charge on any atom is -0.481 e. The van der Waals surface area contributed by atoms with Crippen LogP contribution in [0.2, 0.25) is 0 Å². The summed E-state index contributed by atoms with van der Waals surface area (Å²) < 4.78 is 15.5. The van der Waals surface area contributed by atoms with Crippen molar-refractivity contribution in [2.45, 2.75) is 12.8 Å². The van der Waals surface area contributed by atoms with Crippen molar-refractivity contribution in [2.75, 3.05) is 0 Å². The Labute approximate surface area is 118 Å². The number of nitrogens with zero attached hydrogens (tertiary/aromatic N) is 2. The first-order valence-electron chi connectivity index (χ1n) is 5.68. The number of rotatable bonds is 4. The molecule has 0 radical (unpaired) electrons. The molecule has 1 aromatic heterocycles. The number of hydrogen-bond acceptors (Lipinski definition) is 2. The normalized spacial score (nSPS) is 10.7. The highest BCUT2D eigenvalue weighted by atomic mass is 79.9. The van der Waals surface area contributed by atoms with E-state index in [0.29, 0.717) is 22.2 Å². The first-order valence-corrected chi connectivity index (χ1v) is 6.47. The quantitative estimate of drug-likeness (QED) is 0.939. The number of carbonyl (C=O) groups is 1. The zero-order valence-corrected chi connectivity index (χ0v) is 11.8. The molecule has 0 unspecified atom stereocenters. The fourth-order valence-corrected chi connectivity index (χ4v) is 2.61. The number of aryl methyl sites for hydroxylation is 1. The third-order valence-electron chi connectivity index (χ3n) is 2.78.